The Balaban J connectivity index is 1.49. The number of amides is 1. The number of nitrogens with one attached hydrogen (secondary N) is 1. The zero-order valence-electron chi connectivity index (χ0n) is 19.0. The van der Waals surface area contributed by atoms with Crippen molar-refractivity contribution in [2.75, 3.05) is 0 Å². The van der Waals surface area contributed by atoms with E-state index < -0.39 is 0 Å². The lowest BCUT2D eigenvalue weighted by atomic mass is 10.1. The fourth-order valence-corrected chi connectivity index (χ4v) is 5.06. The predicted molar refractivity (Wildman–Crippen MR) is 136 cm³/mol. The maximum absolute atomic E-state index is 13.6. The van der Waals surface area contributed by atoms with Crippen molar-refractivity contribution in [3.8, 4) is 16.9 Å². The average molecular weight is 505 g/mol. The fraction of sp³-hybridized carbons (Fsp3) is 0.160. The molecule has 1 N–H and O–H groups in total. The molecule has 1 aromatic carbocycles. The normalized spacial score (nSPS) is 11.2. The standard InChI is InChI=1S/C25H21ClN6O2S/c1-15-10-20(30-32(15)21-8-4-3-7-19(21)26)23-16(2)29-25-31(24(23)34)18(14-35-25)11-22(33)28-13-17-6-5-9-27-12-17/h3-10,12,14H,11,13H2,1-2H3,(H,28,33). The molecular weight excluding hydrogens is 484 g/mol. The fourth-order valence-electron chi connectivity index (χ4n) is 3.92. The quantitative estimate of drug-likeness (QED) is 0.375. The topological polar surface area (TPSA) is 94.2 Å². The van der Waals surface area contributed by atoms with Crippen molar-refractivity contribution in [1.82, 2.24) is 29.5 Å². The van der Waals surface area contributed by atoms with E-state index in [0.717, 1.165) is 16.9 Å². The molecule has 0 aliphatic rings. The Bertz CT molecular complexity index is 1610. The van der Waals surface area contributed by atoms with Crippen molar-refractivity contribution < 1.29 is 4.79 Å². The van der Waals surface area contributed by atoms with Gasteiger partial charge in [0.15, 0.2) is 4.96 Å². The second-order valence-corrected chi connectivity index (χ2v) is 9.32. The van der Waals surface area contributed by atoms with E-state index in [1.54, 1.807) is 35.4 Å². The van der Waals surface area contributed by atoms with E-state index in [1.807, 2.05) is 43.3 Å². The number of fused-ring (bicyclic) bond motifs is 1. The molecule has 0 aliphatic heterocycles. The largest absolute Gasteiger partial charge is 0.352 e. The van der Waals surface area contributed by atoms with Crippen LogP contribution < -0.4 is 10.9 Å². The lowest BCUT2D eigenvalue weighted by Gasteiger charge is -2.07. The van der Waals surface area contributed by atoms with Crippen LogP contribution in [0.25, 0.3) is 21.9 Å². The van der Waals surface area contributed by atoms with Crippen molar-refractivity contribution in [2.24, 2.45) is 0 Å². The SMILES string of the molecule is Cc1nc2scc(CC(=O)NCc3cccnc3)n2c(=O)c1-c1cc(C)n(-c2ccccc2Cl)n1. The van der Waals surface area contributed by atoms with Gasteiger partial charge in [-0.25, -0.2) is 9.67 Å². The minimum Gasteiger partial charge on any atom is -0.352 e. The summed E-state index contributed by atoms with van der Waals surface area (Å²) in [7, 11) is 0. The van der Waals surface area contributed by atoms with Gasteiger partial charge in [-0.3, -0.25) is 19.0 Å². The van der Waals surface area contributed by atoms with Gasteiger partial charge in [-0.15, -0.1) is 11.3 Å². The van der Waals surface area contributed by atoms with Crippen molar-refractivity contribution in [2.45, 2.75) is 26.8 Å². The Morgan fingerprint density at radius 1 is 1.17 bits per heavy atom. The number of aromatic nitrogens is 5. The Kier molecular flexibility index (Phi) is 6.19. The molecule has 0 fully saturated rings. The molecule has 176 valence electrons. The summed E-state index contributed by atoms with van der Waals surface area (Å²) in [5.41, 5.74) is 4.26. The van der Waals surface area contributed by atoms with Gasteiger partial charge >= 0.3 is 0 Å². The zero-order chi connectivity index (χ0) is 24.5. The number of pyridine rings is 1. The van der Waals surface area contributed by atoms with Crippen molar-refractivity contribution in [3.05, 3.63) is 98.3 Å². The van der Waals surface area contributed by atoms with Crippen LogP contribution in [0.5, 0.6) is 0 Å². The van der Waals surface area contributed by atoms with Crippen LogP contribution in [0.3, 0.4) is 0 Å². The van der Waals surface area contributed by atoms with Crippen LogP contribution in [0.1, 0.15) is 22.6 Å². The van der Waals surface area contributed by atoms with Gasteiger partial charge in [0.1, 0.15) is 5.69 Å². The first-order chi connectivity index (χ1) is 16.9. The maximum atomic E-state index is 13.6. The summed E-state index contributed by atoms with van der Waals surface area (Å²) in [6, 6.07) is 12.9. The highest BCUT2D eigenvalue weighted by Crippen LogP contribution is 2.26. The van der Waals surface area contributed by atoms with Crippen LogP contribution in [-0.4, -0.2) is 30.1 Å². The smallest absolute Gasteiger partial charge is 0.268 e. The summed E-state index contributed by atoms with van der Waals surface area (Å²) in [4.78, 5) is 35.5. The third-order valence-electron chi connectivity index (χ3n) is 5.60. The summed E-state index contributed by atoms with van der Waals surface area (Å²) in [5.74, 6) is -0.193. The van der Waals surface area contributed by atoms with Gasteiger partial charge in [-0.2, -0.15) is 5.10 Å². The van der Waals surface area contributed by atoms with E-state index in [9.17, 15) is 9.59 Å². The van der Waals surface area contributed by atoms with Gasteiger partial charge in [0.05, 0.1) is 28.4 Å². The number of carbonyl (C=O) groups excluding carboxylic acids is 1. The Morgan fingerprint density at radius 3 is 2.77 bits per heavy atom. The third-order valence-corrected chi connectivity index (χ3v) is 6.79. The first-order valence-electron chi connectivity index (χ1n) is 10.9. The monoisotopic (exact) mass is 504 g/mol. The van der Waals surface area contributed by atoms with Crippen LogP contribution >= 0.6 is 22.9 Å². The number of nitrogens with zero attached hydrogens (tertiary/aromatic N) is 5. The molecule has 0 atom stereocenters. The maximum Gasteiger partial charge on any atom is 0.268 e. The number of hydrogen-bond acceptors (Lipinski definition) is 6. The lowest BCUT2D eigenvalue weighted by Crippen LogP contribution is -2.27. The first kappa shape index (κ1) is 22.9. The second-order valence-electron chi connectivity index (χ2n) is 8.07. The highest BCUT2D eigenvalue weighted by atomic mass is 35.5. The molecule has 35 heavy (non-hydrogen) atoms. The predicted octanol–water partition coefficient (Wildman–Crippen LogP) is 4.13. The minimum atomic E-state index is -0.257. The summed E-state index contributed by atoms with van der Waals surface area (Å²) in [6.07, 6.45) is 3.44. The van der Waals surface area contributed by atoms with Crippen LogP contribution in [0.4, 0.5) is 0 Å². The summed E-state index contributed by atoms with van der Waals surface area (Å²) in [6.45, 7) is 4.06. The minimum absolute atomic E-state index is 0.0530. The molecule has 0 unspecified atom stereocenters. The molecule has 0 saturated heterocycles. The molecule has 0 aliphatic carbocycles. The molecule has 0 bridgehead atoms. The van der Waals surface area contributed by atoms with E-state index in [2.05, 4.69) is 20.4 Å². The molecular formula is C25H21ClN6O2S. The molecule has 8 nitrogen and oxygen atoms in total. The molecule has 0 spiro atoms. The van der Waals surface area contributed by atoms with Crippen molar-refractivity contribution in [3.63, 3.8) is 0 Å². The molecule has 10 heteroatoms. The molecule has 0 radical (unpaired) electrons. The van der Waals surface area contributed by atoms with Gasteiger partial charge in [-0.05, 0) is 43.7 Å². The number of rotatable bonds is 6. The highest BCUT2D eigenvalue weighted by Gasteiger charge is 2.20. The second kappa shape index (κ2) is 9.44. The van der Waals surface area contributed by atoms with E-state index in [0.29, 0.717) is 39.2 Å². The van der Waals surface area contributed by atoms with Crippen LogP contribution in [0, 0.1) is 13.8 Å². The Morgan fingerprint density at radius 2 is 2.00 bits per heavy atom. The summed E-state index contributed by atoms with van der Waals surface area (Å²) >= 11 is 7.70. The molecule has 5 rings (SSSR count). The van der Waals surface area contributed by atoms with Crippen LogP contribution in [-0.2, 0) is 17.8 Å². The molecule has 1 amide bonds. The van der Waals surface area contributed by atoms with Gasteiger partial charge in [0.2, 0.25) is 5.91 Å². The number of carbonyl (C=O) groups is 1. The molecule has 4 aromatic heterocycles. The number of thiazole rings is 1. The zero-order valence-corrected chi connectivity index (χ0v) is 20.6. The van der Waals surface area contributed by atoms with Gasteiger partial charge < -0.3 is 5.32 Å². The molecule has 4 heterocycles. The van der Waals surface area contributed by atoms with E-state index in [-0.39, 0.29) is 17.9 Å². The van der Waals surface area contributed by atoms with E-state index in [1.165, 1.54) is 15.7 Å². The van der Waals surface area contributed by atoms with Crippen LogP contribution in [0.15, 0.2) is 65.0 Å². The highest BCUT2D eigenvalue weighted by molar-refractivity contribution is 7.15. The van der Waals surface area contributed by atoms with Crippen LogP contribution in [0.2, 0.25) is 5.02 Å². The Hall–Kier alpha value is -3.82. The van der Waals surface area contributed by atoms with E-state index >= 15 is 0 Å². The third kappa shape index (κ3) is 4.48. The summed E-state index contributed by atoms with van der Waals surface area (Å²) < 4.78 is 3.21. The lowest BCUT2D eigenvalue weighted by molar-refractivity contribution is -0.120. The van der Waals surface area contributed by atoms with Gasteiger partial charge in [-0.1, -0.05) is 29.8 Å². The van der Waals surface area contributed by atoms with Crippen molar-refractivity contribution >= 4 is 33.8 Å². The Labute approximate surface area is 209 Å². The molecule has 5 aromatic rings. The number of hydrogen-bond donors (Lipinski definition) is 1. The number of benzene rings is 1. The summed E-state index contributed by atoms with van der Waals surface area (Å²) in [5, 5.41) is 9.91. The number of halogens is 1. The van der Waals surface area contributed by atoms with Gasteiger partial charge in [0, 0.05) is 35.7 Å². The van der Waals surface area contributed by atoms with Crippen molar-refractivity contribution in [1.29, 1.82) is 0 Å². The number of aryl methyl sites for hydroxylation is 2. The number of para-hydroxylation sites is 1. The first-order valence-corrected chi connectivity index (χ1v) is 12.2. The van der Waals surface area contributed by atoms with E-state index in [4.69, 9.17) is 11.6 Å². The average Bonchev–Trinajstić information content (AvgIpc) is 3.42. The molecule has 0 saturated carbocycles. The van der Waals surface area contributed by atoms with Gasteiger partial charge in [0.25, 0.3) is 5.56 Å².